The molecule has 1 atom stereocenters. The van der Waals surface area contributed by atoms with Crippen LogP contribution in [-0.2, 0) is 0 Å². The first-order valence-corrected chi connectivity index (χ1v) is 5.16. The molecule has 0 amide bonds. The van der Waals surface area contributed by atoms with Gasteiger partial charge >= 0.3 is 5.97 Å². The predicted octanol–water partition coefficient (Wildman–Crippen LogP) is 0.708. The Labute approximate surface area is 87.1 Å². The smallest absolute Gasteiger partial charge is 0.358 e. The Morgan fingerprint density at radius 2 is 2.20 bits per heavy atom. The summed E-state index contributed by atoms with van der Waals surface area (Å²) in [7, 11) is 0. The van der Waals surface area contributed by atoms with Crippen LogP contribution in [0, 0.1) is 0 Å². The Bertz CT molecular complexity index is 342. The molecular formula is C9H14N4O2. The van der Waals surface area contributed by atoms with Crippen LogP contribution in [0.25, 0.3) is 0 Å². The van der Waals surface area contributed by atoms with Gasteiger partial charge in [-0.25, -0.2) is 4.79 Å². The third kappa shape index (κ3) is 2.15. The van der Waals surface area contributed by atoms with Gasteiger partial charge in [0.2, 0.25) is 0 Å². The molecule has 0 radical (unpaired) electrons. The number of hydrogen-bond acceptors (Lipinski definition) is 4. The average Bonchev–Trinajstić information content (AvgIpc) is 2.55. The summed E-state index contributed by atoms with van der Waals surface area (Å²) in [6.45, 7) is 0.913. The number of aromatic carboxylic acids is 1. The number of H-pyrrole nitrogens is 1. The zero-order valence-corrected chi connectivity index (χ0v) is 8.36. The minimum atomic E-state index is -1.02. The maximum atomic E-state index is 10.9. The molecule has 6 heteroatoms. The van der Waals surface area contributed by atoms with Crippen LogP contribution < -0.4 is 5.32 Å². The standard InChI is InChI=1S/C9H14N4O2/c14-9(15)8-7(11-13-12-8)6-4-2-1-3-5-10-6/h6,10H,1-5H2,(H,14,15)(H,11,12,13). The molecule has 0 bridgehead atoms. The van der Waals surface area contributed by atoms with Gasteiger partial charge in [0.1, 0.15) is 5.69 Å². The quantitative estimate of drug-likeness (QED) is 0.668. The summed E-state index contributed by atoms with van der Waals surface area (Å²) in [5.41, 5.74) is 0.568. The van der Waals surface area contributed by atoms with Crippen LogP contribution in [0.4, 0.5) is 0 Å². The second-order valence-corrected chi connectivity index (χ2v) is 3.72. The lowest BCUT2D eigenvalue weighted by Crippen LogP contribution is -2.22. The van der Waals surface area contributed by atoms with Crippen LogP contribution in [0.2, 0.25) is 0 Å². The Kier molecular flexibility index (Phi) is 2.96. The summed E-state index contributed by atoms with van der Waals surface area (Å²) < 4.78 is 0. The van der Waals surface area contributed by atoms with Crippen LogP contribution in [-0.4, -0.2) is 33.0 Å². The zero-order valence-electron chi connectivity index (χ0n) is 8.36. The van der Waals surface area contributed by atoms with E-state index in [0.29, 0.717) is 5.69 Å². The van der Waals surface area contributed by atoms with Crippen molar-refractivity contribution in [1.29, 1.82) is 0 Å². The van der Waals surface area contributed by atoms with Gasteiger partial charge in [0.15, 0.2) is 5.69 Å². The molecule has 1 aliphatic rings. The Balaban J connectivity index is 2.19. The van der Waals surface area contributed by atoms with Crippen molar-refractivity contribution >= 4 is 5.97 Å². The van der Waals surface area contributed by atoms with Crippen molar-refractivity contribution in [2.75, 3.05) is 6.54 Å². The SMILES string of the molecule is O=C(O)c1n[nH]nc1C1CCCCCN1. The molecule has 1 aliphatic heterocycles. The van der Waals surface area contributed by atoms with Crippen LogP contribution in [0.3, 0.4) is 0 Å². The molecule has 0 spiro atoms. The van der Waals surface area contributed by atoms with Gasteiger partial charge < -0.3 is 10.4 Å². The largest absolute Gasteiger partial charge is 0.476 e. The molecule has 0 aromatic carbocycles. The Morgan fingerprint density at radius 3 is 3.00 bits per heavy atom. The van der Waals surface area contributed by atoms with E-state index in [4.69, 9.17) is 5.11 Å². The summed E-state index contributed by atoms with van der Waals surface area (Å²) in [5.74, 6) is -1.02. The summed E-state index contributed by atoms with van der Waals surface area (Å²) in [6.07, 6.45) is 4.34. The fraction of sp³-hybridized carbons (Fsp3) is 0.667. The highest BCUT2D eigenvalue weighted by Gasteiger charge is 2.23. The van der Waals surface area contributed by atoms with Gasteiger partial charge in [0.25, 0.3) is 0 Å². The number of rotatable bonds is 2. The van der Waals surface area contributed by atoms with Gasteiger partial charge in [-0.1, -0.05) is 12.8 Å². The minimum absolute atomic E-state index is 0.0253. The third-order valence-electron chi connectivity index (χ3n) is 2.67. The molecule has 2 heterocycles. The van der Waals surface area contributed by atoms with Crippen molar-refractivity contribution in [2.24, 2.45) is 0 Å². The van der Waals surface area contributed by atoms with E-state index in [2.05, 4.69) is 20.7 Å². The number of carboxylic acid groups (broad SMARTS) is 1. The maximum absolute atomic E-state index is 10.9. The number of hydrogen-bond donors (Lipinski definition) is 3. The lowest BCUT2D eigenvalue weighted by atomic mass is 10.1. The molecular weight excluding hydrogens is 196 g/mol. The topological polar surface area (TPSA) is 90.9 Å². The lowest BCUT2D eigenvalue weighted by molar-refractivity contribution is 0.0688. The minimum Gasteiger partial charge on any atom is -0.476 e. The van der Waals surface area contributed by atoms with Gasteiger partial charge in [-0.2, -0.15) is 10.3 Å². The van der Waals surface area contributed by atoms with E-state index in [1.54, 1.807) is 0 Å². The van der Waals surface area contributed by atoms with Gasteiger partial charge in [0.05, 0.1) is 6.04 Å². The number of carbonyl (C=O) groups is 1. The van der Waals surface area contributed by atoms with E-state index in [1.807, 2.05) is 0 Å². The molecule has 1 aromatic rings. The first-order chi connectivity index (χ1) is 7.29. The molecule has 1 unspecified atom stereocenters. The second-order valence-electron chi connectivity index (χ2n) is 3.72. The van der Waals surface area contributed by atoms with Crippen LogP contribution >= 0.6 is 0 Å². The summed E-state index contributed by atoms with van der Waals surface area (Å²) >= 11 is 0. The van der Waals surface area contributed by atoms with Crippen molar-refractivity contribution in [3.05, 3.63) is 11.4 Å². The second kappa shape index (κ2) is 4.39. The van der Waals surface area contributed by atoms with E-state index < -0.39 is 5.97 Å². The van der Waals surface area contributed by atoms with E-state index in [1.165, 1.54) is 6.42 Å². The van der Waals surface area contributed by atoms with Gasteiger partial charge in [-0.05, 0) is 19.4 Å². The first kappa shape index (κ1) is 10.1. The van der Waals surface area contributed by atoms with E-state index in [0.717, 1.165) is 25.8 Å². The molecule has 1 saturated heterocycles. The Morgan fingerprint density at radius 1 is 1.33 bits per heavy atom. The van der Waals surface area contributed by atoms with Crippen molar-refractivity contribution in [1.82, 2.24) is 20.7 Å². The monoisotopic (exact) mass is 210 g/mol. The molecule has 0 aliphatic carbocycles. The Hall–Kier alpha value is -1.43. The van der Waals surface area contributed by atoms with Crippen LogP contribution in [0.1, 0.15) is 47.9 Å². The van der Waals surface area contributed by atoms with Crippen molar-refractivity contribution < 1.29 is 9.90 Å². The normalized spacial score (nSPS) is 22.3. The van der Waals surface area contributed by atoms with Gasteiger partial charge in [-0.15, -0.1) is 5.10 Å². The number of nitrogens with one attached hydrogen (secondary N) is 2. The highest BCUT2D eigenvalue weighted by atomic mass is 16.4. The van der Waals surface area contributed by atoms with E-state index in [-0.39, 0.29) is 11.7 Å². The molecule has 0 saturated carbocycles. The van der Waals surface area contributed by atoms with Crippen molar-refractivity contribution in [2.45, 2.75) is 31.7 Å². The molecule has 3 N–H and O–H groups in total. The van der Waals surface area contributed by atoms with E-state index in [9.17, 15) is 4.79 Å². The lowest BCUT2D eigenvalue weighted by Gasteiger charge is -2.12. The van der Waals surface area contributed by atoms with Gasteiger partial charge in [0, 0.05) is 0 Å². The van der Waals surface area contributed by atoms with Crippen molar-refractivity contribution in [3.8, 4) is 0 Å². The predicted molar refractivity (Wildman–Crippen MR) is 52.6 cm³/mol. The molecule has 6 nitrogen and oxygen atoms in total. The average molecular weight is 210 g/mol. The maximum Gasteiger partial charge on any atom is 0.358 e. The van der Waals surface area contributed by atoms with E-state index >= 15 is 0 Å². The van der Waals surface area contributed by atoms with Crippen LogP contribution in [0.5, 0.6) is 0 Å². The summed E-state index contributed by atoms with van der Waals surface area (Å²) in [4.78, 5) is 10.9. The fourth-order valence-electron chi connectivity index (χ4n) is 1.90. The van der Waals surface area contributed by atoms with Crippen molar-refractivity contribution in [3.63, 3.8) is 0 Å². The molecule has 82 valence electrons. The number of nitrogens with zero attached hydrogens (tertiary/aromatic N) is 2. The summed E-state index contributed by atoms with van der Waals surface area (Å²) in [5, 5.41) is 22.1. The molecule has 15 heavy (non-hydrogen) atoms. The number of aromatic nitrogens is 3. The highest BCUT2D eigenvalue weighted by Crippen LogP contribution is 2.22. The first-order valence-electron chi connectivity index (χ1n) is 5.16. The zero-order chi connectivity index (χ0) is 10.7. The number of carboxylic acids is 1. The fourth-order valence-corrected chi connectivity index (χ4v) is 1.90. The molecule has 1 aromatic heterocycles. The van der Waals surface area contributed by atoms with Gasteiger partial charge in [-0.3, -0.25) is 0 Å². The summed E-state index contributed by atoms with van der Waals surface area (Å²) in [6, 6.07) is 0.0253. The third-order valence-corrected chi connectivity index (χ3v) is 2.67. The van der Waals surface area contributed by atoms with Crippen LogP contribution in [0.15, 0.2) is 0 Å². The number of aromatic amines is 1. The molecule has 1 fully saturated rings. The highest BCUT2D eigenvalue weighted by molar-refractivity contribution is 5.86. The molecule has 2 rings (SSSR count).